The van der Waals surface area contributed by atoms with Crippen LogP contribution in [0.5, 0.6) is 0 Å². The Morgan fingerprint density at radius 1 is 1.10 bits per heavy atom. The second-order valence-electron chi connectivity index (χ2n) is 4.04. The number of aromatic nitrogens is 3. The lowest BCUT2D eigenvalue weighted by molar-refractivity contribution is 0.996. The van der Waals surface area contributed by atoms with Gasteiger partial charge in [-0.05, 0) is 30.5 Å². The van der Waals surface area contributed by atoms with Crippen molar-refractivity contribution < 1.29 is 0 Å². The molecule has 2 heterocycles. The summed E-state index contributed by atoms with van der Waals surface area (Å²) in [6.07, 6.45) is 3.65. The van der Waals surface area contributed by atoms with Crippen LogP contribution in [-0.2, 0) is 0 Å². The molecule has 2 aromatic heterocycles. The first-order valence-electron chi connectivity index (χ1n) is 5.96. The molecule has 100 valence electrons. The molecular formula is C14H11ClN4S. The Labute approximate surface area is 125 Å². The number of pyridine rings is 1. The predicted octanol–water partition coefficient (Wildman–Crippen LogP) is 4.14. The lowest BCUT2D eigenvalue weighted by Crippen LogP contribution is -1.99. The monoisotopic (exact) mass is 302 g/mol. The SMILES string of the molecule is CSc1nc(Nc2ccccc2Cl)c2cccnc2n1. The molecule has 3 rings (SSSR count). The molecule has 0 saturated carbocycles. The minimum atomic E-state index is 0.647. The molecule has 4 nitrogen and oxygen atoms in total. The number of nitrogens with zero attached hydrogens (tertiary/aromatic N) is 3. The number of para-hydroxylation sites is 1. The highest BCUT2D eigenvalue weighted by Gasteiger charge is 2.09. The first-order chi connectivity index (χ1) is 9.78. The Bertz CT molecular complexity index is 763. The van der Waals surface area contributed by atoms with Gasteiger partial charge in [0.2, 0.25) is 0 Å². The topological polar surface area (TPSA) is 50.7 Å². The number of hydrogen-bond acceptors (Lipinski definition) is 5. The van der Waals surface area contributed by atoms with Crippen molar-refractivity contribution in [2.75, 3.05) is 11.6 Å². The number of benzene rings is 1. The Kier molecular flexibility index (Phi) is 3.71. The van der Waals surface area contributed by atoms with Gasteiger partial charge in [0.25, 0.3) is 0 Å². The first-order valence-corrected chi connectivity index (χ1v) is 7.56. The van der Waals surface area contributed by atoms with Crippen molar-refractivity contribution in [2.24, 2.45) is 0 Å². The molecule has 0 atom stereocenters. The number of rotatable bonds is 3. The summed E-state index contributed by atoms with van der Waals surface area (Å²) in [6, 6.07) is 11.4. The van der Waals surface area contributed by atoms with E-state index in [-0.39, 0.29) is 0 Å². The van der Waals surface area contributed by atoms with E-state index < -0.39 is 0 Å². The van der Waals surface area contributed by atoms with Crippen LogP contribution in [0.4, 0.5) is 11.5 Å². The van der Waals surface area contributed by atoms with Gasteiger partial charge >= 0.3 is 0 Å². The summed E-state index contributed by atoms with van der Waals surface area (Å²) in [5.74, 6) is 0.709. The molecular weight excluding hydrogens is 292 g/mol. The standard InChI is InChI=1S/C14H11ClN4S/c1-20-14-18-12-9(5-4-8-16-12)13(19-14)17-11-7-3-2-6-10(11)15/h2-8H,1H3,(H,16,17,18,19). The average molecular weight is 303 g/mol. The Hall–Kier alpha value is -1.85. The third kappa shape index (κ3) is 2.55. The highest BCUT2D eigenvalue weighted by molar-refractivity contribution is 7.98. The Morgan fingerprint density at radius 3 is 2.75 bits per heavy atom. The number of thioether (sulfide) groups is 1. The van der Waals surface area contributed by atoms with Gasteiger partial charge in [0.1, 0.15) is 5.82 Å². The van der Waals surface area contributed by atoms with Crippen molar-refractivity contribution >= 4 is 45.9 Å². The van der Waals surface area contributed by atoms with E-state index in [1.807, 2.05) is 42.7 Å². The molecule has 0 aliphatic carbocycles. The van der Waals surface area contributed by atoms with E-state index in [0.717, 1.165) is 11.1 Å². The molecule has 0 fully saturated rings. The van der Waals surface area contributed by atoms with Gasteiger partial charge in [0.05, 0.1) is 16.1 Å². The van der Waals surface area contributed by atoms with Gasteiger partial charge in [-0.3, -0.25) is 0 Å². The van der Waals surface area contributed by atoms with Gasteiger partial charge in [-0.15, -0.1) is 0 Å². The quantitative estimate of drug-likeness (QED) is 0.582. The minimum Gasteiger partial charge on any atom is -0.338 e. The van der Waals surface area contributed by atoms with Crippen molar-refractivity contribution in [3.05, 3.63) is 47.6 Å². The van der Waals surface area contributed by atoms with Gasteiger partial charge in [-0.25, -0.2) is 15.0 Å². The highest BCUT2D eigenvalue weighted by atomic mass is 35.5. The van der Waals surface area contributed by atoms with Crippen LogP contribution in [0.15, 0.2) is 47.8 Å². The van der Waals surface area contributed by atoms with Gasteiger partial charge in [-0.1, -0.05) is 35.5 Å². The Balaban J connectivity index is 2.13. The summed E-state index contributed by atoms with van der Waals surface area (Å²) in [7, 11) is 0. The summed E-state index contributed by atoms with van der Waals surface area (Å²) >= 11 is 7.65. The summed E-state index contributed by atoms with van der Waals surface area (Å²) in [6.45, 7) is 0. The summed E-state index contributed by atoms with van der Waals surface area (Å²) in [5.41, 5.74) is 1.48. The fourth-order valence-corrected chi connectivity index (χ4v) is 2.36. The van der Waals surface area contributed by atoms with Crippen molar-refractivity contribution in [2.45, 2.75) is 5.16 Å². The molecule has 6 heteroatoms. The number of halogens is 1. The summed E-state index contributed by atoms with van der Waals surface area (Å²) in [5, 5.41) is 5.44. The van der Waals surface area contributed by atoms with Gasteiger partial charge in [-0.2, -0.15) is 0 Å². The van der Waals surface area contributed by atoms with Crippen LogP contribution in [-0.4, -0.2) is 21.2 Å². The second-order valence-corrected chi connectivity index (χ2v) is 5.22. The van der Waals surface area contributed by atoms with E-state index in [2.05, 4.69) is 20.3 Å². The van der Waals surface area contributed by atoms with E-state index in [9.17, 15) is 0 Å². The second kappa shape index (κ2) is 5.64. The molecule has 0 aliphatic rings. The number of fused-ring (bicyclic) bond motifs is 1. The number of nitrogens with one attached hydrogen (secondary N) is 1. The van der Waals surface area contributed by atoms with E-state index >= 15 is 0 Å². The van der Waals surface area contributed by atoms with Crippen LogP contribution in [0.1, 0.15) is 0 Å². The van der Waals surface area contributed by atoms with E-state index in [1.165, 1.54) is 11.8 Å². The van der Waals surface area contributed by atoms with Crippen LogP contribution in [0.25, 0.3) is 11.0 Å². The maximum absolute atomic E-state index is 6.17. The zero-order valence-electron chi connectivity index (χ0n) is 10.7. The molecule has 0 saturated heterocycles. The molecule has 0 spiro atoms. The lowest BCUT2D eigenvalue weighted by atomic mass is 10.3. The van der Waals surface area contributed by atoms with Crippen molar-refractivity contribution in [1.29, 1.82) is 0 Å². The molecule has 0 aliphatic heterocycles. The van der Waals surface area contributed by atoms with Crippen LogP contribution in [0, 0.1) is 0 Å². The van der Waals surface area contributed by atoms with Gasteiger partial charge < -0.3 is 5.32 Å². The third-order valence-corrected chi connectivity index (χ3v) is 3.64. The molecule has 0 radical (unpaired) electrons. The largest absolute Gasteiger partial charge is 0.338 e. The zero-order valence-corrected chi connectivity index (χ0v) is 12.2. The predicted molar refractivity (Wildman–Crippen MR) is 83.8 cm³/mol. The summed E-state index contributed by atoms with van der Waals surface area (Å²) < 4.78 is 0. The fourth-order valence-electron chi connectivity index (χ4n) is 1.82. The molecule has 3 aromatic rings. The van der Waals surface area contributed by atoms with E-state index in [4.69, 9.17) is 11.6 Å². The number of hydrogen-bond donors (Lipinski definition) is 1. The highest BCUT2D eigenvalue weighted by Crippen LogP contribution is 2.28. The normalized spacial score (nSPS) is 10.7. The third-order valence-electron chi connectivity index (χ3n) is 2.76. The van der Waals surface area contributed by atoms with Crippen LogP contribution < -0.4 is 5.32 Å². The van der Waals surface area contributed by atoms with Crippen molar-refractivity contribution in [3.63, 3.8) is 0 Å². The molecule has 0 bridgehead atoms. The van der Waals surface area contributed by atoms with Gasteiger partial charge in [0.15, 0.2) is 10.8 Å². The van der Waals surface area contributed by atoms with Crippen molar-refractivity contribution in [3.8, 4) is 0 Å². The zero-order chi connectivity index (χ0) is 13.9. The van der Waals surface area contributed by atoms with Crippen LogP contribution in [0.3, 0.4) is 0 Å². The molecule has 0 unspecified atom stereocenters. The van der Waals surface area contributed by atoms with E-state index in [0.29, 0.717) is 21.6 Å². The summed E-state index contributed by atoms with van der Waals surface area (Å²) in [4.78, 5) is 13.2. The molecule has 1 aromatic carbocycles. The van der Waals surface area contributed by atoms with Gasteiger partial charge in [0, 0.05) is 6.20 Å². The first kappa shape index (κ1) is 13.1. The molecule has 0 amide bonds. The van der Waals surface area contributed by atoms with Crippen LogP contribution >= 0.6 is 23.4 Å². The maximum Gasteiger partial charge on any atom is 0.191 e. The number of anilines is 2. The maximum atomic E-state index is 6.17. The Morgan fingerprint density at radius 2 is 1.95 bits per heavy atom. The minimum absolute atomic E-state index is 0.647. The lowest BCUT2D eigenvalue weighted by Gasteiger charge is -2.10. The average Bonchev–Trinajstić information content (AvgIpc) is 2.49. The molecule has 20 heavy (non-hydrogen) atoms. The van der Waals surface area contributed by atoms with Crippen molar-refractivity contribution in [1.82, 2.24) is 15.0 Å². The van der Waals surface area contributed by atoms with E-state index in [1.54, 1.807) is 6.20 Å². The van der Waals surface area contributed by atoms with Crippen LogP contribution in [0.2, 0.25) is 5.02 Å². The smallest absolute Gasteiger partial charge is 0.191 e. The fraction of sp³-hybridized carbons (Fsp3) is 0.0714. The molecule has 1 N–H and O–H groups in total.